The van der Waals surface area contributed by atoms with Crippen LogP contribution in [0.2, 0.25) is 0 Å². The number of amides is 1. The second-order valence-electron chi connectivity index (χ2n) is 8.09. The minimum absolute atomic E-state index is 0.0883. The Kier molecular flexibility index (Phi) is 6.00. The van der Waals surface area contributed by atoms with E-state index in [9.17, 15) is 37.5 Å². The van der Waals surface area contributed by atoms with E-state index in [4.69, 9.17) is 0 Å². The predicted octanol–water partition coefficient (Wildman–Crippen LogP) is 3.80. The van der Waals surface area contributed by atoms with Crippen LogP contribution in [0.1, 0.15) is 31.4 Å². The number of fused-ring (bicyclic) bond motifs is 1. The summed E-state index contributed by atoms with van der Waals surface area (Å²) in [6.07, 6.45) is -5.47. The number of halogens is 4. The van der Waals surface area contributed by atoms with Crippen molar-refractivity contribution in [2.75, 3.05) is 5.32 Å². The van der Waals surface area contributed by atoms with E-state index >= 15 is 0 Å². The Labute approximate surface area is 184 Å². The van der Waals surface area contributed by atoms with Crippen molar-refractivity contribution < 1.29 is 32.0 Å². The van der Waals surface area contributed by atoms with Crippen molar-refractivity contribution in [2.45, 2.75) is 37.5 Å². The molecule has 172 valence electrons. The van der Waals surface area contributed by atoms with Gasteiger partial charge in [-0.05, 0) is 47.4 Å². The van der Waals surface area contributed by atoms with Gasteiger partial charge in [-0.1, -0.05) is 19.0 Å². The number of nitrogens with one attached hydrogen (secondary N) is 1. The highest BCUT2D eigenvalue weighted by atomic mass is 19.4. The first-order valence-electron chi connectivity index (χ1n) is 9.48. The van der Waals surface area contributed by atoms with Gasteiger partial charge in [0.25, 0.3) is 5.91 Å². The lowest BCUT2D eigenvalue weighted by Crippen LogP contribution is -2.57. The molecule has 2 N–H and O–H groups in total. The minimum Gasteiger partial charge on any atom is -0.373 e. The van der Waals surface area contributed by atoms with Crippen LogP contribution in [-0.2, 0) is 10.2 Å². The minimum atomic E-state index is -5.41. The Morgan fingerprint density at radius 1 is 1.21 bits per heavy atom. The Morgan fingerprint density at radius 2 is 1.91 bits per heavy atom. The van der Waals surface area contributed by atoms with Crippen LogP contribution in [0, 0.1) is 17.1 Å². The van der Waals surface area contributed by atoms with E-state index < -0.39 is 41.0 Å². The van der Waals surface area contributed by atoms with E-state index in [-0.39, 0.29) is 27.6 Å². The number of nitriles is 1. The number of hydrogen-bond acceptors (Lipinski definition) is 6. The summed E-state index contributed by atoms with van der Waals surface area (Å²) >= 11 is 0. The van der Waals surface area contributed by atoms with Crippen molar-refractivity contribution >= 4 is 22.4 Å². The SMILES string of the molecule is CC(C)(CC(O)(C(=O)Nc1ccc2c(=O)oncc2c1)C(F)(F)F)c1cc(F)ccc1C#N. The lowest BCUT2D eigenvalue weighted by atomic mass is 9.73. The molecule has 0 aliphatic carbocycles. The smallest absolute Gasteiger partial charge is 0.373 e. The van der Waals surface area contributed by atoms with Crippen LogP contribution in [0.15, 0.2) is 51.9 Å². The Bertz CT molecular complexity index is 1330. The van der Waals surface area contributed by atoms with Crippen molar-refractivity contribution in [3.63, 3.8) is 0 Å². The van der Waals surface area contributed by atoms with Crippen LogP contribution in [0.4, 0.5) is 23.2 Å². The Morgan fingerprint density at radius 3 is 2.55 bits per heavy atom. The van der Waals surface area contributed by atoms with E-state index in [0.717, 1.165) is 24.4 Å². The number of rotatable bonds is 5. The third-order valence-corrected chi connectivity index (χ3v) is 5.23. The van der Waals surface area contributed by atoms with Gasteiger partial charge in [-0.3, -0.25) is 4.79 Å². The maximum absolute atomic E-state index is 14.0. The summed E-state index contributed by atoms with van der Waals surface area (Å²) in [6.45, 7) is 2.52. The standard InChI is InChI=1S/C22H17F4N3O4/c1-20(2,17-8-14(23)4-3-12(17)9-27)11-21(32,22(24,25)26)19(31)29-15-5-6-16-13(7-15)10-28-33-18(16)30/h3-8,10,32H,11H2,1-2H3,(H,29,31). The average Bonchev–Trinajstić information content (AvgIpc) is 2.72. The van der Waals surface area contributed by atoms with E-state index in [1.807, 2.05) is 5.32 Å². The number of carbonyl (C=O) groups is 1. The average molecular weight is 463 g/mol. The second-order valence-corrected chi connectivity index (χ2v) is 8.09. The van der Waals surface area contributed by atoms with Crippen molar-refractivity contribution in [1.29, 1.82) is 5.26 Å². The number of anilines is 1. The lowest BCUT2D eigenvalue weighted by Gasteiger charge is -2.37. The number of nitrogens with zero attached hydrogens (tertiary/aromatic N) is 2. The van der Waals surface area contributed by atoms with Crippen LogP contribution in [0.5, 0.6) is 0 Å². The monoisotopic (exact) mass is 463 g/mol. The van der Waals surface area contributed by atoms with Crippen LogP contribution in [0.25, 0.3) is 10.8 Å². The molecule has 1 atom stereocenters. The van der Waals surface area contributed by atoms with Gasteiger partial charge in [0.05, 0.1) is 23.2 Å². The molecular formula is C22H17F4N3O4. The molecule has 1 amide bonds. The molecule has 0 saturated carbocycles. The van der Waals surface area contributed by atoms with Crippen LogP contribution < -0.4 is 10.9 Å². The first-order chi connectivity index (χ1) is 15.3. The highest BCUT2D eigenvalue weighted by Gasteiger charge is 2.61. The molecule has 7 nitrogen and oxygen atoms in total. The number of aromatic nitrogens is 1. The normalized spacial score (nSPS) is 13.9. The predicted molar refractivity (Wildman–Crippen MR) is 109 cm³/mol. The summed E-state index contributed by atoms with van der Waals surface area (Å²) in [4.78, 5) is 24.3. The summed E-state index contributed by atoms with van der Waals surface area (Å²) < 4.78 is 60.1. The number of hydrogen-bond donors (Lipinski definition) is 2. The van der Waals surface area contributed by atoms with Gasteiger partial charge in [0, 0.05) is 17.5 Å². The molecule has 3 rings (SSSR count). The first kappa shape index (κ1) is 23.9. The molecule has 1 heterocycles. The maximum atomic E-state index is 14.0. The van der Waals surface area contributed by atoms with E-state index in [0.29, 0.717) is 0 Å². The molecule has 0 radical (unpaired) electrons. The van der Waals surface area contributed by atoms with Gasteiger partial charge < -0.3 is 14.9 Å². The van der Waals surface area contributed by atoms with Crippen LogP contribution in [-0.4, -0.2) is 27.9 Å². The quantitative estimate of drug-likeness (QED) is 0.556. The molecule has 0 aliphatic heterocycles. The van der Waals surface area contributed by atoms with Gasteiger partial charge in [0.15, 0.2) is 0 Å². The van der Waals surface area contributed by atoms with Gasteiger partial charge in [0.1, 0.15) is 5.82 Å². The fourth-order valence-electron chi connectivity index (χ4n) is 3.57. The topological polar surface area (TPSA) is 116 Å². The highest BCUT2D eigenvalue weighted by molar-refractivity contribution is 5.99. The maximum Gasteiger partial charge on any atom is 0.426 e. The molecule has 0 saturated heterocycles. The Balaban J connectivity index is 1.99. The number of aliphatic hydroxyl groups is 1. The second kappa shape index (κ2) is 8.29. The number of benzene rings is 2. The molecule has 0 aliphatic rings. The molecule has 0 spiro atoms. The summed E-state index contributed by atoms with van der Waals surface area (Å²) in [6, 6.07) is 8.35. The molecule has 0 fully saturated rings. The zero-order valence-electron chi connectivity index (χ0n) is 17.3. The third kappa shape index (κ3) is 4.56. The fourth-order valence-corrected chi connectivity index (χ4v) is 3.57. The van der Waals surface area contributed by atoms with E-state index in [2.05, 4.69) is 9.68 Å². The summed E-state index contributed by atoms with van der Waals surface area (Å²) in [5.74, 6) is -2.57. The molecule has 1 aromatic heterocycles. The van der Waals surface area contributed by atoms with Crippen LogP contribution in [0.3, 0.4) is 0 Å². The van der Waals surface area contributed by atoms with Gasteiger partial charge in [-0.25, -0.2) is 9.18 Å². The first-order valence-corrected chi connectivity index (χ1v) is 9.48. The van der Waals surface area contributed by atoms with Crippen molar-refractivity contribution in [2.24, 2.45) is 0 Å². The molecule has 2 aromatic carbocycles. The van der Waals surface area contributed by atoms with Gasteiger partial charge in [-0.15, -0.1) is 0 Å². The molecule has 0 bridgehead atoms. The zero-order valence-corrected chi connectivity index (χ0v) is 17.3. The largest absolute Gasteiger partial charge is 0.426 e. The van der Waals surface area contributed by atoms with Crippen molar-refractivity contribution in [1.82, 2.24) is 5.16 Å². The van der Waals surface area contributed by atoms with Gasteiger partial charge >= 0.3 is 11.8 Å². The molecule has 11 heteroatoms. The van der Waals surface area contributed by atoms with Gasteiger partial charge in [-0.2, -0.15) is 18.4 Å². The molecule has 1 unspecified atom stereocenters. The lowest BCUT2D eigenvalue weighted by molar-refractivity contribution is -0.254. The molecule has 3 aromatic rings. The fraction of sp³-hybridized carbons (Fsp3) is 0.273. The molecule has 33 heavy (non-hydrogen) atoms. The third-order valence-electron chi connectivity index (χ3n) is 5.23. The zero-order chi connectivity index (χ0) is 24.6. The van der Waals surface area contributed by atoms with Gasteiger partial charge in [0.2, 0.25) is 5.60 Å². The van der Waals surface area contributed by atoms with Crippen molar-refractivity contribution in [3.8, 4) is 6.07 Å². The summed E-state index contributed by atoms with van der Waals surface area (Å²) in [5.41, 5.74) is -6.62. The summed E-state index contributed by atoms with van der Waals surface area (Å²) in [5, 5.41) is 25.5. The number of carbonyl (C=O) groups excluding carboxylic acids is 1. The van der Waals surface area contributed by atoms with Crippen molar-refractivity contribution in [3.05, 3.63) is 70.0 Å². The van der Waals surface area contributed by atoms with E-state index in [1.165, 1.54) is 32.0 Å². The Hall–Kier alpha value is -3.78. The van der Waals surface area contributed by atoms with Crippen LogP contribution >= 0.6 is 0 Å². The highest BCUT2D eigenvalue weighted by Crippen LogP contribution is 2.42. The van der Waals surface area contributed by atoms with E-state index in [1.54, 1.807) is 6.07 Å². The summed E-state index contributed by atoms with van der Waals surface area (Å²) in [7, 11) is 0. The number of alkyl halides is 3. The molecular weight excluding hydrogens is 446 g/mol.